The topological polar surface area (TPSA) is 142 Å². The maximum absolute atomic E-state index is 13.9. The van der Waals surface area contributed by atoms with Crippen molar-refractivity contribution in [1.29, 1.82) is 0 Å². The van der Waals surface area contributed by atoms with Gasteiger partial charge in [-0.1, -0.05) is 29.4 Å². The molecule has 9 nitrogen and oxygen atoms in total. The Hall–Kier alpha value is -4.54. The van der Waals surface area contributed by atoms with E-state index in [-0.39, 0.29) is 41.0 Å². The van der Waals surface area contributed by atoms with E-state index in [4.69, 9.17) is 16.0 Å². The summed E-state index contributed by atoms with van der Waals surface area (Å²) in [7, 11) is 0. The summed E-state index contributed by atoms with van der Waals surface area (Å²) >= 11 is 0. The van der Waals surface area contributed by atoms with Gasteiger partial charge in [-0.05, 0) is 31.5 Å². The average molecular weight is 480 g/mol. The van der Waals surface area contributed by atoms with Crippen LogP contribution in [0.25, 0.3) is 22.5 Å². The van der Waals surface area contributed by atoms with Crippen molar-refractivity contribution in [3.8, 4) is 22.5 Å². The standard InChI is InChI=1S/C24H22F2N6O3/c1-12(2)32-23(27)21(24(28)34)22(30-32)14-5-3-13(4-6-14)9-19(33)29-20-11-18(31-35-20)16-8-7-15(25)10-17(16)26/h3-8,10-12H,9,27H2,1-2H3,(H2,28,34)(H,29,33). The summed E-state index contributed by atoms with van der Waals surface area (Å²) < 4.78 is 33.6. The second-order valence-corrected chi connectivity index (χ2v) is 8.13. The molecule has 0 radical (unpaired) electrons. The van der Waals surface area contributed by atoms with Crippen LogP contribution >= 0.6 is 0 Å². The Labute approximate surface area is 198 Å². The molecule has 2 heterocycles. The van der Waals surface area contributed by atoms with Gasteiger partial charge in [-0.25, -0.2) is 13.5 Å². The molecule has 0 aliphatic carbocycles. The third kappa shape index (κ3) is 4.88. The molecule has 2 aromatic heterocycles. The molecule has 0 aliphatic rings. The predicted octanol–water partition coefficient (Wildman–Crippen LogP) is 3.93. The lowest BCUT2D eigenvalue weighted by molar-refractivity contribution is -0.115. The van der Waals surface area contributed by atoms with Gasteiger partial charge in [0.1, 0.15) is 34.4 Å². The third-order valence-corrected chi connectivity index (χ3v) is 5.25. The second kappa shape index (κ2) is 9.37. The summed E-state index contributed by atoms with van der Waals surface area (Å²) in [6, 6.07) is 11.2. The first-order valence-corrected chi connectivity index (χ1v) is 10.6. The van der Waals surface area contributed by atoms with Crippen molar-refractivity contribution >= 4 is 23.5 Å². The van der Waals surface area contributed by atoms with Crippen molar-refractivity contribution in [2.75, 3.05) is 11.1 Å². The van der Waals surface area contributed by atoms with E-state index in [0.29, 0.717) is 16.8 Å². The Kier molecular flexibility index (Phi) is 6.32. The lowest BCUT2D eigenvalue weighted by atomic mass is 10.0. The van der Waals surface area contributed by atoms with E-state index in [0.717, 1.165) is 12.1 Å². The molecule has 5 N–H and O–H groups in total. The van der Waals surface area contributed by atoms with E-state index >= 15 is 0 Å². The second-order valence-electron chi connectivity index (χ2n) is 8.13. The number of nitrogens with zero attached hydrogens (tertiary/aromatic N) is 3. The lowest BCUT2D eigenvalue weighted by Gasteiger charge is -2.07. The number of hydrogen-bond donors (Lipinski definition) is 3. The molecule has 0 fully saturated rings. The number of hydrogen-bond acceptors (Lipinski definition) is 6. The van der Waals surface area contributed by atoms with Crippen molar-refractivity contribution in [1.82, 2.24) is 14.9 Å². The van der Waals surface area contributed by atoms with Crippen LogP contribution in [0.2, 0.25) is 0 Å². The van der Waals surface area contributed by atoms with Crippen molar-refractivity contribution < 1.29 is 22.9 Å². The number of rotatable bonds is 7. The highest BCUT2D eigenvalue weighted by atomic mass is 19.1. The van der Waals surface area contributed by atoms with Crippen LogP contribution in [-0.4, -0.2) is 26.8 Å². The molecule has 0 saturated carbocycles. The minimum absolute atomic E-state index is 0.00642. The third-order valence-electron chi connectivity index (χ3n) is 5.25. The lowest BCUT2D eigenvalue weighted by Crippen LogP contribution is -2.15. The Morgan fingerprint density at radius 2 is 1.83 bits per heavy atom. The molecule has 4 rings (SSSR count). The molecule has 0 unspecified atom stereocenters. The minimum atomic E-state index is -0.796. The number of halogens is 2. The Morgan fingerprint density at radius 3 is 2.46 bits per heavy atom. The highest BCUT2D eigenvalue weighted by Crippen LogP contribution is 2.29. The van der Waals surface area contributed by atoms with Gasteiger partial charge < -0.3 is 16.0 Å². The van der Waals surface area contributed by atoms with Crippen LogP contribution in [0.5, 0.6) is 0 Å². The number of benzene rings is 2. The smallest absolute Gasteiger partial charge is 0.254 e. The van der Waals surface area contributed by atoms with Crippen LogP contribution in [0.3, 0.4) is 0 Å². The number of nitrogen functional groups attached to an aromatic ring is 1. The molecule has 180 valence electrons. The summed E-state index contributed by atoms with van der Waals surface area (Å²) in [5, 5.41) is 10.7. The molecule has 0 spiro atoms. The summed E-state index contributed by atoms with van der Waals surface area (Å²) in [5.41, 5.74) is 13.5. The molecule has 11 heteroatoms. The predicted molar refractivity (Wildman–Crippen MR) is 125 cm³/mol. The molecular formula is C24H22F2N6O3. The van der Waals surface area contributed by atoms with Gasteiger partial charge in [-0.3, -0.25) is 14.9 Å². The van der Waals surface area contributed by atoms with Crippen molar-refractivity contribution in [3.63, 3.8) is 0 Å². The highest BCUT2D eigenvalue weighted by Gasteiger charge is 2.22. The number of anilines is 2. The number of amides is 2. The molecule has 35 heavy (non-hydrogen) atoms. The summed E-state index contributed by atoms with van der Waals surface area (Å²) in [4.78, 5) is 24.4. The molecule has 2 amide bonds. The summed E-state index contributed by atoms with van der Waals surface area (Å²) in [5.74, 6) is -2.37. The van der Waals surface area contributed by atoms with Gasteiger partial charge in [0.15, 0.2) is 0 Å². The Balaban J connectivity index is 1.46. The highest BCUT2D eigenvalue weighted by molar-refractivity contribution is 6.03. The van der Waals surface area contributed by atoms with E-state index in [1.165, 1.54) is 16.8 Å². The van der Waals surface area contributed by atoms with Gasteiger partial charge in [0.05, 0.1) is 6.42 Å². The summed E-state index contributed by atoms with van der Waals surface area (Å²) in [6.07, 6.45) is 0.00642. The molecule has 0 bridgehead atoms. The number of nitrogens with two attached hydrogens (primary N) is 2. The number of carbonyl (C=O) groups is 2. The van der Waals surface area contributed by atoms with Gasteiger partial charge in [-0.2, -0.15) is 5.10 Å². The zero-order valence-corrected chi connectivity index (χ0v) is 18.9. The van der Waals surface area contributed by atoms with Crippen LogP contribution < -0.4 is 16.8 Å². The number of carbonyl (C=O) groups excluding carboxylic acids is 2. The van der Waals surface area contributed by atoms with E-state index in [1.54, 1.807) is 24.3 Å². The van der Waals surface area contributed by atoms with Crippen LogP contribution in [0.4, 0.5) is 20.5 Å². The van der Waals surface area contributed by atoms with Crippen LogP contribution in [0.1, 0.15) is 35.8 Å². The molecule has 0 atom stereocenters. The van der Waals surface area contributed by atoms with E-state index in [9.17, 15) is 18.4 Å². The SMILES string of the molecule is CC(C)n1nc(-c2ccc(CC(=O)Nc3cc(-c4ccc(F)cc4F)no3)cc2)c(C(N)=O)c1N. The van der Waals surface area contributed by atoms with Crippen molar-refractivity contribution in [2.45, 2.75) is 26.3 Å². The Bertz CT molecular complexity index is 1410. The zero-order chi connectivity index (χ0) is 25.3. The quantitative estimate of drug-likeness (QED) is 0.366. The maximum atomic E-state index is 13.9. The number of aromatic nitrogens is 3. The number of nitrogens with one attached hydrogen (secondary N) is 1. The van der Waals surface area contributed by atoms with Crippen LogP contribution in [0, 0.1) is 11.6 Å². The first-order valence-electron chi connectivity index (χ1n) is 10.6. The maximum Gasteiger partial charge on any atom is 0.254 e. The largest absolute Gasteiger partial charge is 0.383 e. The van der Waals surface area contributed by atoms with Gasteiger partial charge in [0.2, 0.25) is 11.8 Å². The Morgan fingerprint density at radius 1 is 1.11 bits per heavy atom. The first-order chi connectivity index (χ1) is 16.6. The van der Waals surface area contributed by atoms with E-state index in [2.05, 4.69) is 15.6 Å². The van der Waals surface area contributed by atoms with E-state index < -0.39 is 23.4 Å². The van der Waals surface area contributed by atoms with Gasteiger partial charge >= 0.3 is 0 Å². The molecule has 0 aliphatic heterocycles. The fourth-order valence-corrected chi connectivity index (χ4v) is 3.59. The fourth-order valence-electron chi connectivity index (χ4n) is 3.59. The molecule has 2 aromatic carbocycles. The van der Waals surface area contributed by atoms with Gasteiger partial charge in [-0.15, -0.1) is 0 Å². The fraction of sp³-hybridized carbons (Fsp3) is 0.167. The van der Waals surface area contributed by atoms with Crippen molar-refractivity contribution in [3.05, 3.63) is 71.3 Å². The molecule has 0 saturated heterocycles. The monoisotopic (exact) mass is 480 g/mol. The minimum Gasteiger partial charge on any atom is -0.383 e. The average Bonchev–Trinajstić information content (AvgIpc) is 3.38. The zero-order valence-electron chi connectivity index (χ0n) is 18.9. The van der Waals surface area contributed by atoms with E-state index in [1.807, 2.05) is 13.8 Å². The van der Waals surface area contributed by atoms with Crippen LogP contribution in [-0.2, 0) is 11.2 Å². The first kappa shape index (κ1) is 23.6. The van der Waals surface area contributed by atoms with Crippen LogP contribution in [0.15, 0.2) is 53.1 Å². The summed E-state index contributed by atoms with van der Waals surface area (Å²) in [6.45, 7) is 3.76. The molecule has 4 aromatic rings. The van der Waals surface area contributed by atoms with Crippen molar-refractivity contribution in [2.24, 2.45) is 5.73 Å². The van der Waals surface area contributed by atoms with Gasteiger partial charge in [0, 0.05) is 29.3 Å². The molecular weight excluding hydrogens is 458 g/mol. The normalized spacial score (nSPS) is 11.1. The van der Waals surface area contributed by atoms with Gasteiger partial charge in [0.25, 0.3) is 5.91 Å². The number of primary amides is 1.